The van der Waals surface area contributed by atoms with Crippen molar-refractivity contribution in [3.8, 4) is 0 Å². The molecule has 0 radical (unpaired) electrons. The Kier molecular flexibility index (Phi) is 6.44. The molecule has 1 fully saturated rings. The van der Waals surface area contributed by atoms with E-state index in [0.717, 1.165) is 0 Å². The van der Waals surface area contributed by atoms with Gasteiger partial charge in [-0.05, 0) is 37.6 Å². The Morgan fingerprint density at radius 3 is 2.76 bits per heavy atom. The maximum absolute atomic E-state index is 11.9. The van der Waals surface area contributed by atoms with E-state index in [2.05, 4.69) is 5.32 Å². The molecular weight excluding hydrogens is 314 g/mol. The van der Waals surface area contributed by atoms with E-state index in [9.17, 15) is 13.2 Å². The number of hydrogen-bond acceptors (Lipinski definition) is 4. The lowest BCUT2D eigenvalue weighted by molar-refractivity contribution is -0.116. The van der Waals surface area contributed by atoms with E-state index in [0.29, 0.717) is 43.7 Å². The molecule has 8 heteroatoms. The first-order chi connectivity index (χ1) is 9.53. The molecule has 0 aromatic heterocycles. The van der Waals surface area contributed by atoms with E-state index in [4.69, 9.17) is 5.73 Å². The third-order valence-electron chi connectivity index (χ3n) is 3.13. The molecular formula is C13H20ClN3O3S. The van der Waals surface area contributed by atoms with Crippen molar-refractivity contribution in [3.63, 3.8) is 0 Å². The lowest BCUT2D eigenvalue weighted by Crippen LogP contribution is -2.25. The maximum atomic E-state index is 11.9. The average Bonchev–Trinajstić information content (AvgIpc) is 2.76. The van der Waals surface area contributed by atoms with Gasteiger partial charge < -0.3 is 11.1 Å². The van der Waals surface area contributed by atoms with Crippen LogP contribution >= 0.6 is 12.4 Å². The van der Waals surface area contributed by atoms with E-state index in [1.807, 2.05) is 0 Å². The monoisotopic (exact) mass is 333 g/mol. The van der Waals surface area contributed by atoms with Crippen LogP contribution in [0.15, 0.2) is 24.3 Å². The lowest BCUT2D eigenvalue weighted by atomic mass is 10.2. The van der Waals surface area contributed by atoms with Gasteiger partial charge in [0.25, 0.3) is 0 Å². The standard InChI is InChI=1S/C13H19N3O3S.ClH/c14-7-2-6-13(17)15-11-4-1-5-12(10-11)16-8-3-9-20(16,18)19;/h1,4-5,10H,2-3,6-9,14H2,(H,15,17);1H. The number of benzene rings is 1. The van der Waals surface area contributed by atoms with Crippen LogP contribution in [0, 0.1) is 0 Å². The van der Waals surface area contributed by atoms with Crippen LogP contribution in [0.3, 0.4) is 0 Å². The number of rotatable bonds is 5. The van der Waals surface area contributed by atoms with E-state index in [1.165, 1.54) is 4.31 Å². The number of halogens is 1. The second-order valence-electron chi connectivity index (χ2n) is 4.73. The van der Waals surface area contributed by atoms with Crippen LogP contribution in [0.4, 0.5) is 11.4 Å². The minimum atomic E-state index is -3.20. The predicted molar refractivity (Wildman–Crippen MR) is 86.4 cm³/mol. The molecule has 1 saturated heterocycles. The zero-order chi connectivity index (χ0) is 14.6. The summed E-state index contributed by atoms with van der Waals surface area (Å²) in [5.74, 6) is 0.0666. The topological polar surface area (TPSA) is 92.5 Å². The molecule has 1 aromatic carbocycles. The third-order valence-corrected chi connectivity index (χ3v) is 4.99. The summed E-state index contributed by atoms with van der Waals surface area (Å²) in [6, 6.07) is 6.90. The Hall–Kier alpha value is -1.31. The summed E-state index contributed by atoms with van der Waals surface area (Å²) in [7, 11) is -3.20. The van der Waals surface area contributed by atoms with Crippen LogP contribution in [0.5, 0.6) is 0 Å². The van der Waals surface area contributed by atoms with E-state index >= 15 is 0 Å². The zero-order valence-corrected chi connectivity index (χ0v) is 13.3. The quantitative estimate of drug-likeness (QED) is 0.850. The Bertz CT molecular complexity index is 592. The summed E-state index contributed by atoms with van der Waals surface area (Å²) < 4.78 is 25.1. The van der Waals surface area contributed by atoms with E-state index in [-0.39, 0.29) is 24.1 Å². The summed E-state index contributed by atoms with van der Waals surface area (Å²) in [5.41, 5.74) is 6.55. The van der Waals surface area contributed by atoms with Crippen molar-refractivity contribution < 1.29 is 13.2 Å². The van der Waals surface area contributed by atoms with Gasteiger partial charge in [0.2, 0.25) is 15.9 Å². The highest BCUT2D eigenvalue weighted by molar-refractivity contribution is 7.93. The fraction of sp³-hybridized carbons (Fsp3) is 0.462. The van der Waals surface area contributed by atoms with E-state index < -0.39 is 10.0 Å². The second kappa shape index (κ2) is 7.63. The zero-order valence-electron chi connectivity index (χ0n) is 11.6. The van der Waals surface area contributed by atoms with Gasteiger partial charge in [-0.1, -0.05) is 6.07 Å². The largest absolute Gasteiger partial charge is 0.330 e. The van der Waals surface area contributed by atoms with Crippen LogP contribution in [0.1, 0.15) is 19.3 Å². The number of amides is 1. The summed E-state index contributed by atoms with van der Waals surface area (Å²) in [5, 5.41) is 2.75. The molecule has 0 unspecified atom stereocenters. The molecule has 1 aliphatic rings. The number of nitrogens with zero attached hydrogens (tertiary/aromatic N) is 1. The first kappa shape index (κ1) is 17.7. The molecule has 0 spiro atoms. The SMILES string of the molecule is Cl.NCCCC(=O)Nc1cccc(N2CCCS2(=O)=O)c1. The Morgan fingerprint density at radius 1 is 1.38 bits per heavy atom. The molecule has 21 heavy (non-hydrogen) atoms. The highest BCUT2D eigenvalue weighted by Crippen LogP contribution is 2.26. The van der Waals surface area contributed by atoms with Gasteiger partial charge in [-0.25, -0.2) is 8.42 Å². The molecule has 118 valence electrons. The van der Waals surface area contributed by atoms with Crippen molar-refractivity contribution in [1.82, 2.24) is 0 Å². The van der Waals surface area contributed by atoms with Crippen molar-refractivity contribution in [2.24, 2.45) is 5.73 Å². The molecule has 1 aliphatic heterocycles. The van der Waals surface area contributed by atoms with Gasteiger partial charge in [-0.2, -0.15) is 0 Å². The minimum absolute atomic E-state index is 0. The van der Waals surface area contributed by atoms with Crippen molar-refractivity contribution in [3.05, 3.63) is 24.3 Å². The van der Waals surface area contributed by atoms with Crippen LogP contribution in [-0.2, 0) is 14.8 Å². The van der Waals surface area contributed by atoms with Crippen molar-refractivity contribution in [2.75, 3.05) is 28.5 Å². The fourth-order valence-electron chi connectivity index (χ4n) is 2.15. The number of hydrogen-bond donors (Lipinski definition) is 2. The Labute approximate surface area is 131 Å². The number of carbonyl (C=O) groups is 1. The van der Waals surface area contributed by atoms with Gasteiger partial charge >= 0.3 is 0 Å². The van der Waals surface area contributed by atoms with Crippen LogP contribution in [0.25, 0.3) is 0 Å². The molecule has 1 heterocycles. The molecule has 1 amide bonds. The predicted octanol–water partition coefficient (Wildman–Crippen LogP) is 1.33. The smallest absolute Gasteiger partial charge is 0.235 e. The average molecular weight is 334 g/mol. The Balaban J connectivity index is 0.00000220. The molecule has 6 nitrogen and oxygen atoms in total. The number of carbonyl (C=O) groups excluding carboxylic acids is 1. The van der Waals surface area contributed by atoms with E-state index in [1.54, 1.807) is 24.3 Å². The summed E-state index contributed by atoms with van der Waals surface area (Å²) in [6.07, 6.45) is 1.63. The van der Waals surface area contributed by atoms with Gasteiger partial charge in [0.1, 0.15) is 0 Å². The van der Waals surface area contributed by atoms with Crippen molar-refractivity contribution in [2.45, 2.75) is 19.3 Å². The maximum Gasteiger partial charge on any atom is 0.235 e. The normalized spacial score (nSPS) is 16.3. The fourth-order valence-corrected chi connectivity index (χ4v) is 3.71. The number of nitrogens with two attached hydrogens (primary N) is 1. The van der Waals surface area contributed by atoms with Gasteiger partial charge in [-0.15, -0.1) is 12.4 Å². The summed E-state index contributed by atoms with van der Waals surface area (Å²) in [4.78, 5) is 11.6. The van der Waals surface area contributed by atoms with Gasteiger partial charge in [0.15, 0.2) is 0 Å². The van der Waals surface area contributed by atoms with Gasteiger partial charge in [0, 0.05) is 18.7 Å². The Morgan fingerprint density at radius 2 is 2.14 bits per heavy atom. The van der Waals surface area contributed by atoms with Crippen LogP contribution in [0.2, 0.25) is 0 Å². The molecule has 3 N–H and O–H groups in total. The molecule has 1 aromatic rings. The first-order valence-corrected chi connectivity index (χ1v) is 8.24. The minimum Gasteiger partial charge on any atom is -0.330 e. The number of nitrogens with one attached hydrogen (secondary N) is 1. The highest BCUT2D eigenvalue weighted by Gasteiger charge is 2.28. The number of sulfonamides is 1. The molecule has 0 aliphatic carbocycles. The summed E-state index contributed by atoms with van der Waals surface area (Å²) >= 11 is 0. The molecule has 0 saturated carbocycles. The van der Waals surface area contributed by atoms with Crippen molar-refractivity contribution >= 4 is 39.7 Å². The van der Waals surface area contributed by atoms with Gasteiger partial charge in [0.05, 0.1) is 11.4 Å². The van der Waals surface area contributed by atoms with Gasteiger partial charge in [-0.3, -0.25) is 9.10 Å². The first-order valence-electron chi connectivity index (χ1n) is 6.63. The lowest BCUT2D eigenvalue weighted by Gasteiger charge is -2.17. The molecule has 0 atom stereocenters. The second-order valence-corrected chi connectivity index (χ2v) is 6.75. The van der Waals surface area contributed by atoms with Crippen LogP contribution in [-0.4, -0.2) is 33.2 Å². The van der Waals surface area contributed by atoms with Crippen LogP contribution < -0.4 is 15.4 Å². The number of anilines is 2. The third kappa shape index (κ3) is 4.59. The molecule has 0 bridgehead atoms. The molecule has 2 rings (SSSR count). The highest BCUT2D eigenvalue weighted by atomic mass is 35.5. The van der Waals surface area contributed by atoms with Crippen molar-refractivity contribution in [1.29, 1.82) is 0 Å². The summed E-state index contributed by atoms with van der Waals surface area (Å²) in [6.45, 7) is 0.965.